The smallest absolute Gasteiger partial charge is 0.0561 e. The van der Waals surface area contributed by atoms with E-state index in [4.69, 9.17) is 0 Å². The Bertz CT molecular complexity index is 808. The fraction of sp³-hybridized carbons (Fsp3) is 0.806. The van der Waals surface area contributed by atoms with E-state index in [1.807, 2.05) is 0 Å². The number of hydrazine groups is 1. The molecule has 3 aliphatic heterocycles. The molecule has 2 saturated heterocycles. The molecule has 1 aromatic rings. The molecule has 2 aliphatic carbocycles. The molecule has 5 unspecified atom stereocenters. The number of fused-ring (bicyclic) bond motifs is 4. The summed E-state index contributed by atoms with van der Waals surface area (Å²) in [4.78, 5) is 3.09. The Kier molecular flexibility index (Phi) is 7.22. The van der Waals surface area contributed by atoms with E-state index in [9.17, 15) is 0 Å². The fourth-order valence-electron chi connectivity index (χ4n) is 8.88. The molecule has 2 saturated carbocycles. The standard InChI is InChI=1S/C31H49N3/c1-24-13-4-3-11-22-33(29-18-9-7-15-26(24)29)25-14-12-21-32(23-25)34-30-19-6-2-5-16-27(30)28-17-8-10-20-31(28)34/h8,10,17,20,24-27,29-30H,2-7,9,11-16,18-19,21-23H2,1H3/t24?,25?,26?,27?,29?,30-/m1/s1. The largest absolute Gasteiger partial charge is 0.302 e. The first kappa shape index (κ1) is 23.3. The Balaban J connectivity index is 1.26. The van der Waals surface area contributed by atoms with Crippen LogP contribution < -0.4 is 5.01 Å². The predicted molar refractivity (Wildman–Crippen MR) is 143 cm³/mol. The van der Waals surface area contributed by atoms with Crippen LogP contribution in [0.25, 0.3) is 0 Å². The van der Waals surface area contributed by atoms with Crippen LogP contribution in [0, 0.1) is 11.8 Å². The zero-order chi connectivity index (χ0) is 22.9. The third-order valence-corrected chi connectivity index (χ3v) is 10.5. The maximum atomic E-state index is 3.09. The van der Waals surface area contributed by atoms with Crippen LogP contribution in [-0.2, 0) is 0 Å². The molecule has 188 valence electrons. The van der Waals surface area contributed by atoms with Crippen molar-refractivity contribution in [3.8, 4) is 0 Å². The first-order valence-electron chi connectivity index (χ1n) is 15.2. The van der Waals surface area contributed by atoms with E-state index in [-0.39, 0.29) is 0 Å². The number of anilines is 1. The molecule has 0 spiro atoms. The summed E-state index contributed by atoms with van der Waals surface area (Å²) < 4.78 is 0. The van der Waals surface area contributed by atoms with Gasteiger partial charge in [0.1, 0.15) is 0 Å². The van der Waals surface area contributed by atoms with Crippen LogP contribution in [0.15, 0.2) is 24.3 Å². The van der Waals surface area contributed by atoms with Crippen LogP contribution in [0.2, 0.25) is 0 Å². The van der Waals surface area contributed by atoms with Crippen molar-refractivity contribution in [1.82, 2.24) is 9.91 Å². The van der Waals surface area contributed by atoms with E-state index in [1.54, 1.807) is 11.3 Å². The normalized spacial score (nSPS) is 38.1. The van der Waals surface area contributed by atoms with Crippen LogP contribution in [0.4, 0.5) is 5.69 Å². The number of hydrogen-bond donors (Lipinski definition) is 0. The highest BCUT2D eigenvalue weighted by molar-refractivity contribution is 5.61. The molecule has 4 fully saturated rings. The molecule has 1 aromatic carbocycles. The number of piperidine rings is 1. The van der Waals surface area contributed by atoms with Crippen molar-refractivity contribution in [1.29, 1.82) is 0 Å². The molecule has 5 aliphatic rings. The van der Waals surface area contributed by atoms with Crippen molar-refractivity contribution in [2.75, 3.05) is 24.6 Å². The fourth-order valence-corrected chi connectivity index (χ4v) is 8.88. The second-order valence-corrected chi connectivity index (χ2v) is 12.5. The third-order valence-electron chi connectivity index (χ3n) is 10.5. The Hall–Kier alpha value is -1.06. The number of benzene rings is 1. The van der Waals surface area contributed by atoms with E-state index in [0.29, 0.717) is 6.04 Å². The second kappa shape index (κ2) is 10.5. The first-order chi connectivity index (χ1) is 16.8. The van der Waals surface area contributed by atoms with Gasteiger partial charge in [-0.2, -0.15) is 0 Å². The molecule has 6 rings (SSSR count). The number of rotatable bonds is 2. The van der Waals surface area contributed by atoms with Crippen LogP contribution in [-0.4, -0.2) is 47.7 Å². The summed E-state index contributed by atoms with van der Waals surface area (Å²) in [6, 6.07) is 11.8. The van der Waals surface area contributed by atoms with Crippen molar-refractivity contribution >= 4 is 5.69 Å². The van der Waals surface area contributed by atoms with Gasteiger partial charge in [0.2, 0.25) is 0 Å². The van der Waals surface area contributed by atoms with Crippen molar-refractivity contribution in [2.24, 2.45) is 11.8 Å². The molecule has 0 amide bonds. The molecule has 0 aromatic heterocycles. The Labute approximate surface area is 209 Å². The van der Waals surface area contributed by atoms with Gasteiger partial charge in [-0.05, 0) is 75.0 Å². The molecule has 3 heteroatoms. The number of hydrogen-bond acceptors (Lipinski definition) is 3. The zero-order valence-corrected chi connectivity index (χ0v) is 21.8. The molecular formula is C31H49N3. The van der Waals surface area contributed by atoms with E-state index in [2.05, 4.69) is 46.1 Å². The molecule has 3 nitrogen and oxygen atoms in total. The van der Waals surface area contributed by atoms with Gasteiger partial charge < -0.3 is 5.01 Å². The summed E-state index contributed by atoms with van der Waals surface area (Å²) in [5.41, 5.74) is 3.20. The molecule has 34 heavy (non-hydrogen) atoms. The quantitative estimate of drug-likeness (QED) is 0.453. The predicted octanol–water partition coefficient (Wildman–Crippen LogP) is 7.37. The van der Waals surface area contributed by atoms with Gasteiger partial charge in [0.25, 0.3) is 0 Å². The van der Waals surface area contributed by atoms with Crippen molar-refractivity contribution in [2.45, 2.75) is 127 Å². The third kappa shape index (κ3) is 4.45. The highest BCUT2D eigenvalue weighted by Crippen LogP contribution is 2.48. The summed E-state index contributed by atoms with van der Waals surface area (Å²) in [5, 5.41) is 5.69. The number of para-hydroxylation sites is 1. The van der Waals surface area contributed by atoms with E-state index in [1.165, 1.54) is 116 Å². The molecule has 0 radical (unpaired) electrons. The highest BCUT2D eigenvalue weighted by Gasteiger charge is 2.44. The van der Waals surface area contributed by atoms with Gasteiger partial charge in [-0.1, -0.05) is 76.5 Å². The van der Waals surface area contributed by atoms with Crippen LogP contribution in [0.1, 0.15) is 115 Å². The van der Waals surface area contributed by atoms with Crippen molar-refractivity contribution in [3.63, 3.8) is 0 Å². The van der Waals surface area contributed by atoms with Crippen LogP contribution in [0.3, 0.4) is 0 Å². The Morgan fingerprint density at radius 2 is 1.44 bits per heavy atom. The Morgan fingerprint density at radius 3 is 2.41 bits per heavy atom. The van der Waals surface area contributed by atoms with Crippen LogP contribution >= 0.6 is 0 Å². The van der Waals surface area contributed by atoms with E-state index in [0.717, 1.165) is 29.8 Å². The number of nitrogens with zero attached hydrogens (tertiary/aromatic N) is 3. The average molecular weight is 464 g/mol. The lowest BCUT2D eigenvalue weighted by Gasteiger charge is -2.50. The Morgan fingerprint density at radius 1 is 0.676 bits per heavy atom. The molecule has 0 bridgehead atoms. The minimum absolute atomic E-state index is 0.705. The minimum Gasteiger partial charge on any atom is -0.302 e. The lowest BCUT2D eigenvalue weighted by Crippen LogP contribution is -2.59. The molecule has 0 N–H and O–H groups in total. The van der Waals surface area contributed by atoms with Crippen molar-refractivity contribution in [3.05, 3.63) is 29.8 Å². The van der Waals surface area contributed by atoms with Gasteiger partial charge in [0, 0.05) is 31.1 Å². The van der Waals surface area contributed by atoms with Gasteiger partial charge in [0.15, 0.2) is 0 Å². The minimum atomic E-state index is 0.705. The monoisotopic (exact) mass is 463 g/mol. The topological polar surface area (TPSA) is 9.72 Å². The van der Waals surface area contributed by atoms with E-state index < -0.39 is 0 Å². The summed E-state index contributed by atoms with van der Waals surface area (Å²) in [6.45, 7) is 6.46. The van der Waals surface area contributed by atoms with Gasteiger partial charge >= 0.3 is 0 Å². The van der Waals surface area contributed by atoms with Gasteiger partial charge in [-0.15, -0.1) is 0 Å². The van der Waals surface area contributed by atoms with Crippen molar-refractivity contribution < 1.29 is 0 Å². The first-order valence-corrected chi connectivity index (χ1v) is 15.2. The van der Waals surface area contributed by atoms with E-state index >= 15 is 0 Å². The molecular weight excluding hydrogens is 414 g/mol. The maximum Gasteiger partial charge on any atom is 0.0561 e. The summed E-state index contributed by atoms with van der Waals surface area (Å²) in [7, 11) is 0. The maximum absolute atomic E-state index is 3.09. The summed E-state index contributed by atoms with van der Waals surface area (Å²) in [5.74, 6) is 2.62. The summed E-state index contributed by atoms with van der Waals surface area (Å²) in [6.07, 6.45) is 21.5. The van der Waals surface area contributed by atoms with Gasteiger partial charge in [-0.3, -0.25) is 4.90 Å². The van der Waals surface area contributed by atoms with Gasteiger partial charge in [0.05, 0.1) is 11.7 Å². The molecule has 3 heterocycles. The van der Waals surface area contributed by atoms with Crippen LogP contribution in [0.5, 0.6) is 0 Å². The lowest BCUT2D eigenvalue weighted by molar-refractivity contribution is 0.00675. The second-order valence-electron chi connectivity index (χ2n) is 12.5. The van der Waals surface area contributed by atoms with Gasteiger partial charge in [-0.25, -0.2) is 5.01 Å². The lowest BCUT2D eigenvalue weighted by atomic mass is 9.74. The average Bonchev–Trinajstić information content (AvgIpc) is 3.03. The SMILES string of the molecule is CC1CCCCCN(C2CCCN(N3c4ccccc4C4CCCCC[C@H]43)C2)C2CCCCC12. The zero-order valence-electron chi connectivity index (χ0n) is 21.8. The molecule has 6 atom stereocenters. The highest BCUT2D eigenvalue weighted by atomic mass is 15.7. The summed E-state index contributed by atoms with van der Waals surface area (Å²) >= 11 is 0.